The fourth-order valence-electron chi connectivity index (χ4n) is 5.59. The Morgan fingerprint density at radius 2 is 1.27 bits per heavy atom. The zero-order chi connectivity index (χ0) is 37.5. The molecule has 1 saturated heterocycles. The predicted octanol–water partition coefficient (Wildman–Crippen LogP) is 5.09. The van der Waals surface area contributed by atoms with Gasteiger partial charge in [0.1, 0.15) is 24.0 Å². The van der Waals surface area contributed by atoms with E-state index in [1.807, 2.05) is 0 Å². The fraction of sp³-hybridized carbons (Fsp3) is 0.611. The van der Waals surface area contributed by atoms with Crippen LogP contribution in [0.1, 0.15) is 99.3 Å². The van der Waals surface area contributed by atoms with Gasteiger partial charge in [0.2, 0.25) is 12.4 Å². The number of unbranched alkanes of at least 4 members (excludes halogenated alkanes) is 8. The molecule has 1 aromatic heterocycles. The van der Waals surface area contributed by atoms with Crippen LogP contribution in [-0.2, 0) is 47.7 Å². The van der Waals surface area contributed by atoms with Crippen molar-refractivity contribution in [1.29, 1.82) is 0 Å². The minimum atomic E-state index is -1.52. The Bertz CT molecular complexity index is 1560. The van der Waals surface area contributed by atoms with Gasteiger partial charge in [-0.3, -0.25) is 24.0 Å². The van der Waals surface area contributed by atoms with Gasteiger partial charge in [-0.2, -0.15) is 0 Å². The van der Waals surface area contributed by atoms with Gasteiger partial charge in [0.25, 0.3) is 5.75 Å². The van der Waals surface area contributed by atoms with Crippen molar-refractivity contribution in [2.75, 3.05) is 13.2 Å². The second-order valence-electron chi connectivity index (χ2n) is 12.2. The van der Waals surface area contributed by atoms with Crippen molar-refractivity contribution in [2.45, 2.75) is 130 Å². The highest BCUT2D eigenvalue weighted by molar-refractivity contribution is 5.87. The first-order valence-corrected chi connectivity index (χ1v) is 17.2. The zero-order valence-corrected chi connectivity index (χ0v) is 30.0. The van der Waals surface area contributed by atoms with Crippen LogP contribution in [0.2, 0.25) is 0 Å². The van der Waals surface area contributed by atoms with Crippen molar-refractivity contribution in [3.63, 3.8) is 0 Å². The highest BCUT2D eigenvalue weighted by atomic mass is 16.7. The van der Waals surface area contributed by atoms with Crippen LogP contribution >= 0.6 is 0 Å². The number of ether oxygens (including phenoxy) is 8. The van der Waals surface area contributed by atoms with Gasteiger partial charge in [-0.25, -0.2) is 4.79 Å². The lowest BCUT2D eigenvalue weighted by Crippen LogP contribution is -2.63. The zero-order valence-electron chi connectivity index (χ0n) is 30.0. The van der Waals surface area contributed by atoms with Crippen LogP contribution in [0.3, 0.4) is 0 Å². The topological polar surface area (TPSA) is 189 Å². The number of rotatable bonds is 19. The number of hydrogen-bond acceptors (Lipinski definition) is 15. The van der Waals surface area contributed by atoms with E-state index in [9.17, 15) is 28.8 Å². The molecule has 1 aliphatic rings. The third-order valence-electron chi connectivity index (χ3n) is 7.73. The average Bonchev–Trinajstić information content (AvgIpc) is 3.04. The molecule has 0 unspecified atom stereocenters. The molecule has 3 rings (SSSR count). The van der Waals surface area contributed by atoms with E-state index in [2.05, 4.69) is 6.92 Å². The van der Waals surface area contributed by atoms with Gasteiger partial charge in [-0.15, -0.1) is 0 Å². The van der Waals surface area contributed by atoms with E-state index in [0.29, 0.717) is 11.8 Å². The number of carbonyl (C=O) groups is 5. The summed E-state index contributed by atoms with van der Waals surface area (Å²) in [5.41, 5.74) is -0.967. The molecule has 1 fully saturated rings. The molecule has 15 nitrogen and oxygen atoms in total. The molecule has 0 N–H and O–H groups in total. The molecular weight excluding hydrogens is 672 g/mol. The lowest BCUT2D eigenvalue weighted by atomic mass is 9.98. The highest BCUT2D eigenvalue weighted by Crippen LogP contribution is 2.37. The van der Waals surface area contributed by atoms with Crippen molar-refractivity contribution in [3.05, 3.63) is 28.6 Å². The molecule has 0 radical (unpaired) electrons. The number of benzene rings is 1. The van der Waals surface area contributed by atoms with Crippen LogP contribution in [0.15, 0.2) is 27.4 Å². The summed E-state index contributed by atoms with van der Waals surface area (Å²) in [6, 6.07) is 4.32. The van der Waals surface area contributed by atoms with E-state index < -0.39 is 72.8 Å². The number of carbonyl (C=O) groups excluding carboxylic acids is 5. The Kier molecular flexibility index (Phi) is 16.2. The minimum absolute atomic E-state index is 0.00103. The predicted molar refractivity (Wildman–Crippen MR) is 179 cm³/mol. The maximum atomic E-state index is 13.0. The van der Waals surface area contributed by atoms with Crippen LogP contribution in [0.4, 0.5) is 0 Å². The Morgan fingerprint density at radius 3 is 1.86 bits per heavy atom. The van der Waals surface area contributed by atoms with Gasteiger partial charge < -0.3 is 42.3 Å². The van der Waals surface area contributed by atoms with E-state index in [-0.39, 0.29) is 29.4 Å². The third kappa shape index (κ3) is 12.9. The van der Waals surface area contributed by atoms with Crippen LogP contribution in [0.5, 0.6) is 17.2 Å². The monoisotopic (exact) mass is 720 g/mol. The summed E-state index contributed by atoms with van der Waals surface area (Å²) in [6.45, 7) is 7.63. The lowest BCUT2D eigenvalue weighted by Gasteiger charge is -2.43. The first-order chi connectivity index (χ1) is 24.3. The maximum absolute atomic E-state index is 13.0. The summed E-state index contributed by atoms with van der Waals surface area (Å²) >= 11 is 0. The van der Waals surface area contributed by atoms with Gasteiger partial charge >= 0.3 is 35.5 Å². The highest BCUT2D eigenvalue weighted by Gasteiger charge is 2.53. The summed E-state index contributed by atoms with van der Waals surface area (Å²) in [6.07, 6.45) is 2.88. The summed E-state index contributed by atoms with van der Waals surface area (Å²) in [7, 11) is 0. The van der Waals surface area contributed by atoms with Gasteiger partial charge in [0.05, 0.1) is 12.0 Å². The third-order valence-corrected chi connectivity index (χ3v) is 7.73. The molecule has 15 heteroatoms. The average molecular weight is 721 g/mol. The molecule has 2 aromatic rings. The second-order valence-corrected chi connectivity index (χ2v) is 12.2. The summed E-state index contributed by atoms with van der Waals surface area (Å²) in [5, 5.41) is 0.302. The van der Waals surface area contributed by atoms with Crippen LogP contribution in [0, 0.1) is 0 Å². The van der Waals surface area contributed by atoms with Crippen LogP contribution < -0.4 is 19.8 Å². The molecule has 282 valence electrons. The summed E-state index contributed by atoms with van der Waals surface area (Å²) < 4.78 is 50.1. The quantitative estimate of drug-likeness (QED) is 0.0807. The van der Waals surface area contributed by atoms with E-state index in [1.54, 1.807) is 0 Å². The van der Waals surface area contributed by atoms with E-state index in [1.165, 1.54) is 50.3 Å². The van der Waals surface area contributed by atoms with Crippen molar-refractivity contribution in [2.24, 2.45) is 0 Å². The van der Waals surface area contributed by atoms with E-state index in [0.717, 1.165) is 53.9 Å². The molecule has 0 bridgehead atoms. The standard InChI is InChI=1S/C36H48O15/c1-7-8-9-10-11-12-13-14-15-18-43-30-27-17-16-26(19-28(27)50-35(42)33(30)47-24(5)40)49-36-34(48-25(6)41)32(46-23(4)39)31(45-22(3)38)29(51-36)20-44-21(2)37/h16-17,19,29,31-32,34,36H,7-15,18,20H2,1-6H3/t29-,31-,32+,34-,36-/m1/s1. The Hall–Kier alpha value is -4.66. The fourth-order valence-corrected chi connectivity index (χ4v) is 5.59. The van der Waals surface area contributed by atoms with Crippen LogP contribution in [-0.4, -0.2) is 73.8 Å². The van der Waals surface area contributed by atoms with E-state index >= 15 is 0 Å². The molecule has 0 aliphatic carbocycles. The molecule has 0 saturated carbocycles. The molecule has 1 aromatic carbocycles. The van der Waals surface area contributed by atoms with Crippen LogP contribution in [0.25, 0.3) is 11.0 Å². The molecule has 5 atom stereocenters. The normalized spacial score (nSPS) is 19.8. The summed E-state index contributed by atoms with van der Waals surface area (Å²) in [4.78, 5) is 72.8. The van der Waals surface area contributed by atoms with Crippen molar-refractivity contribution < 1.29 is 66.3 Å². The van der Waals surface area contributed by atoms with Gasteiger partial charge in [0, 0.05) is 40.7 Å². The Balaban J connectivity index is 1.90. The van der Waals surface area contributed by atoms with E-state index in [4.69, 9.17) is 42.3 Å². The van der Waals surface area contributed by atoms with Crippen molar-refractivity contribution in [3.8, 4) is 17.2 Å². The van der Waals surface area contributed by atoms with Crippen molar-refractivity contribution in [1.82, 2.24) is 0 Å². The Morgan fingerprint density at radius 1 is 0.686 bits per heavy atom. The smallest absolute Gasteiger partial charge is 0.383 e. The lowest BCUT2D eigenvalue weighted by molar-refractivity contribution is -0.288. The first kappa shape index (κ1) is 40.8. The van der Waals surface area contributed by atoms with Gasteiger partial charge in [-0.1, -0.05) is 58.3 Å². The maximum Gasteiger partial charge on any atom is 0.383 e. The number of esters is 5. The molecule has 2 heterocycles. The summed E-state index contributed by atoms with van der Waals surface area (Å²) in [5.74, 6) is -4.11. The molecular formula is C36H48O15. The van der Waals surface area contributed by atoms with Gasteiger partial charge in [0.15, 0.2) is 18.0 Å². The molecule has 0 amide bonds. The second kappa shape index (κ2) is 20.3. The molecule has 1 aliphatic heterocycles. The van der Waals surface area contributed by atoms with Gasteiger partial charge in [-0.05, 0) is 18.6 Å². The number of hydrogen-bond donors (Lipinski definition) is 0. The van der Waals surface area contributed by atoms with Crippen molar-refractivity contribution >= 4 is 40.8 Å². The Labute approximate surface area is 296 Å². The minimum Gasteiger partial charge on any atom is -0.489 e. The largest absolute Gasteiger partial charge is 0.489 e. The molecule has 0 spiro atoms. The number of fused-ring (bicyclic) bond motifs is 1. The first-order valence-electron chi connectivity index (χ1n) is 17.2. The molecule has 51 heavy (non-hydrogen) atoms. The SMILES string of the molecule is CCCCCCCCCCCOc1c(OC(C)=O)c(=O)oc2cc(O[C@@H]3O[C@H](COC(C)=O)[C@@H](OC(C)=O)[C@H](OC(C)=O)[C@H]3OC(C)=O)ccc12.